The van der Waals surface area contributed by atoms with Gasteiger partial charge in [-0.3, -0.25) is 0 Å². The maximum Gasteiger partial charge on any atom is 0.0434 e. The van der Waals surface area contributed by atoms with Gasteiger partial charge in [0, 0.05) is 46.3 Å². The summed E-state index contributed by atoms with van der Waals surface area (Å²) in [5.41, 5.74) is 7.50. The van der Waals surface area contributed by atoms with Crippen molar-refractivity contribution in [2.24, 2.45) is 0 Å². The van der Waals surface area contributed by atoms with Crippen LogP contribution in [0.3, 0.4) is 0 Å². The van der Waals surface area contributed by atoms with Crippen molar-refractivity contribution < 1.29 is 0 Å². The number of allylic oxidation sites excluding steroid dienone is 6. The summed E-state index contributed by atoms with van der Waals surface area (Å²) in [6.07, 6.45) is 10.5. The van der Waals surface area contributed by atoms with E-state index in [0.29, 0.717) is 0 Å². The fraction of sp³-hybridized carbons (Fsp3) is 0.0909. The third-order valence-electron chi connectivity index (χ3n) is 6.24. The largest absolute Gasteiger partial charge is 0.135 e. The Morgan fingerprint density at radius 2 is 1.43 bits per heavy atom. The van der Waals surface area contributed by atoms with E-state index in [4.69, 9.17) is 0 Å². The molecule has 172 valence electrons. The highest BCUT2D eigenvalue weighted by Crippen LogP contribution is 2.45. The summed E-state index contributed by atoms with van der Waals surface area (Å²) in [6.45, 7) is 14.5. The number of hydrogen-bond acceptors (Lipinski definition) is 2. The maximum absolute atomic E-state index is 4.16. The Balaban J connectivity index is 1.79. The molecule has 5 aromatic rings. The lowest BCUT2D eigenvalue weighted by Gasteiger charge is -2.09. The predicted molar refractivity (Wildman–Crippen MR) is 162 cm³/mol. The standard InChI is InChI=1S/C33H28S2/c1-6-13-22(20-21(4)5)25-15-11-17-28-29-18-12-16-27(33(29)35-32(25)28)24(8-3)31-23(7-2)26-14-9-10-19-30(26)34-31/h6-20H,1-2H2,3-5H3/b22-13+,24-8-. The number of thiophene rings is 2. The summed E-state index contributed by atoms with van der Waals surface area (Å²) in [5.74, 6) is 0. The van der Waals surface area contributed by atoms with Crippen LogP contribution >= 0.6 is 22.7 Å². The molecular formula is C33H28S2. The summed E-state index contributed by atoms with van der Waals surface area (Å²) < 4.78 is 3.94. The second-order valence-electron chi connectivity index (χ2n) is 8.79. The molecule has 0 unspecified atom stereocenters. The van der Waals surface area contributed by atoms with Gasteiger partial charge in [0.05, 0.1) is 0 Å². The Kier molecular flexibility index (Phi) is 6.42. The minimum Gasteiger partial charge on any atom is -0.135 e. The summed E-state index contributed by atoms with van der Waals surface area (Å²) in [6, 6.07) is 22.0. The zero-order chi connectivity index (χ0) is 24.5. The van der Waals surface area contributed by atoms with Crippen molar-refractivity contribution in [1.29, 1.82) is 0 Å². The van der Waals surface area contributed by atoms with Crippen molar-refractivity contribution in [3.8, 4) is 0 Å². The van der Waals surface area contributed by atoms with Gasteiger partial charge >= 0.3 is 0 Å². The number of rotatable bonds is 6. The van der Waals surface area contributed by atoms with Gasteiger partial charge in [0.1, 0.15) is 0 Å². The van der Waals surface area contributed by atoms with Crippen LogP contribution in [0.15, 0.2) is 104 Å². The molecule has 3 aromatic carbocycles. The minimum absolute atomic E-state index is 1.20. The van der Waals surface area contributed by atoms with Crippen LogP contribution in [0.5, 0.6) is 0 Å². The Hall–Kier alpha value is -3.46. The first-order chi connectivity index (χ1) is 17.1. The molecule has 0 fully saturated rings. The highest BCUT2D eigenvalue weighted by Gasteiger charge is 2.19. The topological polar surface area (TPSA) is 0 Å². The first-order valence-electron chi connectivity index (χ1n) is 11.8. The second-order valence-corrected chi connectivity index (χ2v) is 10.9. The van der Waals surface area contributed by atoms with Crippen molar-refractivity contribution in [2.45, 2.75) is 20.8 Å². The molecule has 35 heavy (non-hydrogen) atoms. The fourth-order valence-electron chi connectivity index (χ4n) is 4.79. The molecular weight excluding hydrogens is 460 g/mol. The fourth-order valence-corrected chi connectivity index (χ4v) is 7.45. The van der Waals surface area contributed by atoms with E-state index >= 15 is 0 Å². The third-order valence-corrected chi connectivity index (χ3v) is 8.75. The SMILES string of the molecule is C=C/C=C(\C=C(C)C)c1cccc2c1sc1c(/C(=C/C)c3sc4ccccc4c3C=C)cccc12. The first kappa shape index (κ1) is 23.3. The van der Waals surface area contributed by atoms with Crippen LogP contribution in [0, 0.1) is 0 Å². The van der Waals surface area contributed by atoms with E-state index in [0.717, 1.165) is 0 Å². The van der Waals surface area contributed by atoms with Gasteiger partial charge in [0.25, 0.3) is 0 Å². The van der Waals surface area contributed by atoms with Crippen molar-refractivity contribution in [1.82, 2.24) is 0 Å². The Labute approximate surface area is 215 Å². The second kappa shape index (κ2) is 9.65. The summed E-state index contributed by atoms with van der Waals surface area (Å²) in [5, 5.41) is 3.88. The van der Waals surface area contributed by atoms with Gasteiger partial charge in [0.15, 0.2) is 0 Å². The van der Waals surface area contributed by atoms with E-state index in [-0.39, 0.29) is 0 Å². The monoisotopic (exact) mass is 488 g/mol. The first-order valence-corrected chi connectivity index (χ1v) is 13.4. The smallest absolute Gasteiger partial charge is 0.0434 e. The molecule has 0 saturated carbocycles. The van der Waals surface area contributed by atoms with Crippen molar-refractivity contribution >= 4 is 70.2 Å². The van der Waals surface area contributed by atoms with E-state index in [1.54, 1.807) is 0 Å². The van der Waals surface area contributed by atoms with Crippen LogP contribution in [0.4, 0.5) is 0 Å². The molecule has 0 N–H and O–H groups in total. The number of benzene rings is 3. The molecule has 0 bridgehead atoms. The molecule has 0 radical (unpaired) electrons. The Bertz CT molecular complexity index is 1690. The molecule has 0 spiro atoms. The van der Waals surface area contributed by atoms with Crippen LogP contribution in [-0.2, 0) is 0 Å². The molecule has 2 heteroatoms. The van der Waals surface area contributed by atoms with E-state index in [1.807, 2.05) is 34.8 Å². The van der Waals surface area contributed by atoms with Crippen molar-refractivity contribution in [2.75, 3.05) is 0 Å². The van der Waals surface area contributed by atoms with E-state index in [9.17, 15) is 0 Å². The van der Waals surface area contributed by atoms with Crippen molar-refractivity contribution in [3.63, 3.8) is 0 Å². The van der Waals surface area contributed by atoms with E-state index in [2.05, 4.69) is 113 Å². The highest BCUT2D eigenvalue weighted by molar-refractivity contribution is 7.26. The average Bonchev–Trinajstić information content (AvgIpc) is 3.42. The highest BCUT2D eigenvalue weighted by atomic mass is 32.1. The molecule has 5 rings (SSSR count). The molecule has 2 heterocycles. The quantitative estimate of drug-likeness (QED) is 0.208. The zero-order valence-electron chi connectivity index (χ0n) is 20.4. The minimum atomic E-state index is 1.20. The van der Waals surface area contributed by atoms with Crippen molar-refractivity contribution in [3.05, 3.63) is 125 Å². The van der Waals surface area contributed by atoms with Gasteiger partial charge in [-0.1, -0.05) is 104 Å². The predicted octanol–water partition coefficient (Wildman–Crippen LogP) is 10.9. The van der Waals surface area contributed by atoms with Crippen LogP contribution < -0.4 is 0 Å². The van der Waals surface area contributed by atoms with Crippen LogP contribution in [-0.4, -0.2) is 0 Å². The van der Waals surface area contributed by atoms with Gasteiger partial charge in [-0.2, -0.15) is 0 Å². The molecule has 0 atom stereocenters. The molecule has 0 saturated heterocycles. The average molecular weight is 489 g/mol. The van der Waals surface area contributed by atoms with Gasteiger partial charge in [-0.05, 0) is 43.5 Å². The van der Waals surface area contributed by atoms with Crippen LogP contribution in [0.1, 0.15) is 42.3 Å². The summed E-state index contributed by atoms with van der Waals surface area (Å²) in [4.78, 5) is 1.28. The molecule has 0 amide bonds. The lowest BCUT2D eigenvalue weighted by Crippen LogP contribution is -1.87. The van der Waals surface area contributed by atoms with Crippen LogP contribution in [0.25, 0.3) is 47.5 Å². The zero-order valence-corrected chi connectivity index (χ0v) is 22.0. The number of fused-ring (bicyclic) bond motifs is 4. The summed E-state index contributed by atoms with van der Waals surface area (Å²) >= 11 is 3.74. The molecule has 0 nitrogen and oxygen atoms in total. The molecule has 0 aliphatic rings. The number of hydrogen-bond donors (Lipinski definition) is 0. The van der Waals surface area contributed by atoms with Gasteiger partial charge in [-0.25, -0.2) is 0 Å². The normalized spacial score (nSPS) is 12.4. The molecule has 2 aromatic heterocycles. The summed E-state index contributed by atoms with van der Waals surface area (Å²) in [7, 11) is 0. The van der Waals surface area contributed by atoms with Crippen LogP contribution in [0.2, 0.25) is 0 Å². The van der Waals surface area contributed by atoms with E-state index in [1.165, 1.54) is 68.5 Å². The third kappa shape index (κ3) is 4.03. The lowest BCUT2D eigenvalue weighted by molar-refractivity contribution is 1.40. The Morgan fingerprint density at radius 1 is 0.771 bits per heavy atom. The van der Waals surface area contributed by atoms with E-state index < -0.39 is 0 Å². The Morgan fingerprint density at radius 3 is 2.09 bits per heavy atom. The molecule has 0 aliphatic heterocycles. The van der Waals surface area contributed by atoms with Gasteiger partial charge in [-0.15, -0.1) is 22.7 Å². The lowest BCUT2D eigenvalue weighted by atomic mass is 9.97. The van der Waals surface area contributed by atoms with Gasteiger partial charge < -0.3 is 0 Å². The maximum atomic E-state index is 4.16. The van der Waals surface area contributed by atoms with Gasteiger partial charge in [0.2, 0.25) is 0 Å². The molecule has 0 aliphatic carbocycles.